The lowest BCUT2D eigenvalue weighted by molar-refractivity contribution is 0.213. The zero-order valence-corrected chi connectivity index (χ0v) is 14.0. The minimum Gasteiger partial charge on any atom is -0.207 e. The van der Waals surface area contributed by atoms with Gasteiger partial charge >= 0.3 is 0 Å². The van der Waals surface area contributed by atoms with Gasteiger partial charge in [-0.25, -0.2) is 12.8 Å². The Balaban J connectivity index is 2.33. The van der Waals surface area contributed by atoms with Crippen LogP contribution in [0.15, 0.2) is 27.6 Å². The van der Waals surface area contributed by atoms with Crippen LogP contribution in [0.5, 0.6) is 0 Å². The highest BCUT2D eigenvalue weighted by molar-refractivity contribution is 9.10. The highest BCUT2D eigenvalue weighted by Crippen LogP contribution is 2.31. The van der Waals surface area contributed by atoms with Crippen LogP contribution in [0, 0.1) is 11.7 Å². The van der Waals surface area contributed by atoms with E-state index >= 15 is 0 Å². The third-order valence-electron chi connectivity index (χ3n) is 4.08. The van der Waals surface area contributed by atoms with Crippen molar-refractivity contribution in [2.45, 2.75) is 43.5 Å². The molecule has 6 heteroatoms. The van der Waals surface area contributed by atoms with E-state index in [1.165, 1.54) is 16.4 Å². The van der Waals surface area contributed by atoms with Crippen molar-refractivity contribution in [2.24, 2.45) is 5.92 Å². The van der Waals surface area contributed by atoms with Gasteiger partial charge in [-0.2, -0.15) is 4.31 Å². The zero-order valence-electron chi connectivity index (χ0n) is 11.6. The second-order valence-corrected chi connectivity index (χ2v) is 8.31. The summed E-state index contributed by atoms with van der Waals surface area (Å²) < 4.78 is 41.0. The van der Waals surface area contributed by atoms with Crippen LogP contribution in [-0.2, 0) is 10.0 Å². The van der Waals surface area contributed by atoms with Gasteiger partial charge < -0.3 is 0 Å². The summed E-state index contributed by atoms with van der Waals surface area (Å²) in [5.74, 6) is -0.406. The number of hydrogen-bond donors (Lipinski definition) is 0. The third kappa shape index (κ3) is 3.07. The van der Waals surface area contributed by atoms with Gasteiger partial charge in [-0.15, -0.1) is 0 Å². The maximum Gasteiger partial charge on any atom is 0.245 e. The molecule has 2 unspecified atom stereocenters. The second kappa shape index (κ2) is 6.12. The first-order chi connectivity index (χ1) is 9.34. The van der Waals surface area contributed by atoms with Crippen LogP contribution in [0.4, 0.5) is 4.39 Å². The molecule has 0 aromatic heterocycles. The van der Waals surface area contributed by atoms with Crippen LogP contribution in [0.3, 0.4) is 0 Å². The third-order valence-corrected chi connectivity index (χ3v) is 6.49. The number of halogens is 2. The molecular formula is C14H19BrFNO2S. The zero-order chi connectivity index (χ0) is 14.9. The van der Waals surface area contributed by atoms with Crippen LogP contribution in [0.25, 0.3) is 0 Å². The van der Waals surface area contributed by atoms with Gasteiger partial charge in [-0.1, -0.05) is 35.7 Å². The molecule has 1 fully saturated rings. The smallest absolute Gasteiger partial charge is 0.207 e. The van der Waals surface area contributed by atoms with Crippen molar-refractivity contribution in [1.82, 2.24) is 4.31 Å². The minimum absolute atomic E-state index is 0.0446. The van der Waals surface area contributed by atoms with E-state index in [2.05, 4.69) is 22.9 Å². The molecule has 0 bridgehead atoms. The van der Waals surface area contributed by atoms with Crippen LogP contribution in [0.1, 0.15) is 32.6 Å². The first-order valence-corrected chi connectivity index (χ1v) is 9.00. The van der Waals surface area contributed by atoms with Crippen molar-refractivity contribution in [3.05, 3.63) is 28.5 Å². The van der Waals surface area contributed by atoms with Crippen molar-refractivity contribution in [3.63, 3.8) is 0 Å². The SMILES string of the molecule is CC1CCCCC1N(C)S(=O)(=O)c1ccc(Br)cc1F. The molecule has 20 heavy (non-hydrogen) atoms. The standard InChI is InChI=1S/C14H19BrFNO2S/c1-10-5-3-4-6-13(10)17(2)20(18,19)14-8-7-11(15)9-12(14)16/h7-10,13H,3-6H2,1-2H3. The fourth-order valence-electron chi connectivity index (χ4n) is 2.85. The molecule has 2 rings (SSSR count). The molecule has 3 nitrogen and oxygen atoms in total. The summed E-state index contributed by atoms with van der Waals surface area (Å²) in [5.41, 5.74) is 0. The molecule has 0 saturated heterocycles. The van der Waals surface area contributed by atoms with Crippen molar-refractivity contribution >= 4 is 26.0 Å². The molecule has 0 heterocycles. The van der Waals surface area contributed by atoms with E-state index < -0.39 is 15.8 Å². The molecule has 0 N–H and O–H groups in total. The summed E-state index contributed by atoms with van der Waals surface area (Å²) in [7, 11) is -2.22. The van der Waals surface area contributed by atoms with Crippen molar-refractivity contribution in [1.29, 1.82) is 0 Å². The van der Waals surface area contributed by atoms with Gasteiger partial charge in [0.2, 0.25) is 10.0 Å². The summed E-state index contributed by atoms with van der Waals surface area (Å²) in [5, 5.41) is 0. The molecule has 2 atom stereocenters. The van der Waals surface area contributed by atoms with Crippen molar-refractivity contribution < 1.29 is 12.8 Å². The van der Waals surface area contributed by atoms with E-state index in [1.54, 1.807) is 13.1 Å². The fourth-order valence-corrected chi connectivity index (χ4v) is 4.71. The number of benzene rings is 1. The monoisotopic (exact) mass is 363 g/mol. The van der Waals surface area contributed by atoms with E-state index in [0.717, 1.165) is 25.7 Å². The van der Waals surface area contributed by atoms with Crippen molar-refractivity contribution in [3.8, 4) is 0 Å². The lowest BCUT2D eigenvalue weighted by atomic mass is 9.86. The van der Waals surface area contributed by atoms with Gasteiger partial charge in [-0.3, -0.25) is 0 Å². The van der Waals surface area contributed by atoms with Crippen LogP contribution in [-0.4, -0.2) is 25.8 Å². The maximum atomic E-state index is 13.9. The Bertz CT molecular complexity index is 591. The van der Waals surface area contributed by atoms with E-state index in [-0.39, 0.29) is 10.9 Å². The second-order valence-electron chi connectivity index (χ2n) is 5.43. The lowest BCUT2D eigenvalue weighted by Crippen LogP contribution is -2.42. The Morgan fingerprint density at radius 2 is 1.95 bits per heavy atom. The molecule has 1 aromatic carbocycles. The summed E-state index contributed by atoms with van der Waals surface area (Å²) >= 11 is 3.14. The predicted octanol–water partition coefficient (Wildman–Crippen LogP) is 3.79. The Morgan fingerprint density at radius 3 is 2.55 bits per heavy atom. The van der Waals surface area contributed by atoms with Gasteiger partial charge in [0.25, 0.3) is 0 Å². The average molecular weight is 364 g/mol. The molecule has 1 aliphatic carbocycles. The molecule has 1 saturated carbocycles. The summed E-state index contributed by atoms with van der Waals surface area (Å²) in [4.78, 5) is -0.249. The topological polar surface area (TPSA) is 37.4 Å². The molecule has 1 aromatic rings. The normalized spacial score (nSPS) is 24.1. The van der Waals surface area contributed by atoms with Gasteiger partial charge in [-0.05, 0) is 37.0 Å². The lowest BCUT2D eigenvalue weighted by Gasteiger charge is -2.35. The van der Waals surface area contributed by atoms with Crippen LogP contribution >= 0.6 is 15.9 Å². The number of nitrogens with zero attached hydrogens (tertiary/aromatic N) is 1. The summed E-state index contributed by atoms with van der Waals surface area (Å²) in [6.07, 6.45) is 4.03. The number of sulfonamides is 1. The molecule has 1 aliphatic rings. The first-order valence-electron chi connectivity index (χ1n) is 6.77. The number of hydrogen-bond acceptors (Lipinski definition) is 2. The highest BCUT2D eigenvalue weighted by Gasteiger charge is 2.34. The van der Waals surface area contributed by atoms with Gasteiger partial charge in [0, 0.05) is 17.6 Å². The number of rotatable bonds is 3. The van der Waals surface area contributed by atoms with Crippen LogP contribution < -0.4 is 0 Å². The van der Waals surface area contributed by atoms with Crippen LogP contribution in [0.2, 0.25) is 0 Å². The maximum absolute atomic E-state index is 13.9. The molecular weight excluding hydrogens is 345 g/mol. The van der Waals surface area contributed by atoms with E-state index in [9.17, 15) is 12.8 Å². The predicted molar refractivity (Wildman–Crippen MR) is 80.5 cm³/mol. The Kier molecular flexibility index (Phi) is 4.87. The van der Waals surface area contributed by atoms with E-state index in [1.807, 2.05) is 0 Å². The minimum atomic E-state index is -3.78. The summed E-state index contributed by atoms with van der Waals surface area (Å²) in [6, 6.07) is 4.01. The molecule has 0 spiro atoms. The Labute approximate surface area is 128 Å². The molecule has 0 amide bonds. The quantitative estimate of drug-likeness (QED) is 0.819. The molecule has 0 aliphatic heterocycles. The molecule has 0 radical (unpaired) electrons. The molecule has 112 valence electrons. The highest BCUT2D eigenvalue weighted by atomic mass is 79.9. The fraction of sp³-hybridized carbons (Fsp3) is 0.571. The van der Waals surface area contributed by atoms with E-state index in [4.69, 9.17) is 0 Å². The van der Waals surface area contributed by atoms with Gasteiger partial charge in [0.15, 0.2) is 0 Å². The van der Waals surface area contributed by atoms with Gasteiger partial charge in [0.05, 0.1) is 0 Å². The average Bonchev–Trinajstić information content (AvgIpc) is 2.38. The Morgan fingerprint density at radius 1 is 1.30 bits per heavy atom. The van der Waals surface area contributed by atoms with E-state index in [0.29, 0.717) is 10.4 Å². The summed E-state index contributed by atoms with van der Waals surface area (Å²) in [6.45, 7) is 2.06. The Hall–Kier alpha value is -0.460. The van der Waals surface area contributed by atoms with Crippen molar-refractivity contribution in [2.75, 3.05) is 7.05 Å². The largest absolute Gasteiger partial charge is 0.245 e. The van der Waals surface area contributed by atoms with Gasteiger partial charge in [0.1, 0.15) is 10.7 Å². The first kappa shape index (κ1) is 15.9.